The fraction of sp³-hybridized carbons (Fsp3) is 0.308. The minimum absolute atomic E-state index is 0.169. The van der Waals surface area contributed by atoms with Crippen LogP contribution >= 0.6 is 11.3 Å². The molecule has 0 unspecified atom stereocenters. The topological polar surface area (TPSA) is 52.9 Å². The lowest BCUT2D eigenvalue weighted by atomic mass is 9.72. The molecule has 152 valence electrons. The molecule has 1 aliphatic rings. The number of nitrogens with one attached hydrogen (secondary N) is 1. The van der Waals surface area contributed by atoms with Crippen molar-refractivity contribution in [2.45, 2.75) is 40.0 Å². The first-order chi connectivity index (χ1) is 14.4. The molecular formula is C26H26N2OS. The smallest absolute Gasteiger partial charge is 0.256 e. The zero-order valence-corrected chi connectivity index (χ0v) is 18.5. The minimum Gasteiger partial charge on any atom is -0.312 e. The van der Waals surface area contributed by atoms with Gasteiger partial charge in [0.25, 0.3) is 5.91 Å². The first kappa shape index (κ1) is 20.4. The molecule has 3 nitrogen and oxygen atoms in total. The predicted molar refractivity (Wildman–Crippen MR) is 124 cm³/mol. The maximum atomic E-state index is 12.9. The van der Waals surface area contributed by atoms with Crippen LogP contribution in [-0.4, -0.2) is 5.91 Å². The molecular weight excluding hydrogens is 388 g/mol. The highest BCUT2D eigenvalue weighted by molar-refractivity contribution is 7.16. The second-order valence-electron chi connectivity index (χ2n) is 9.02. The lowest BCUT2D eigenvalue weighted by Gasteiger charge is -2.33. The van der Waals surface area contributed by atoms with Crippen LogP contribution in [0.2, 0.25) is 0 Å². The molecule has 0 fully saturated rings. The Balaban J connectivity index is 1.54. The summed E-state index contributed by atoms with van der Waals surface area (Å²) in [7, 11) is 0. The number of anilines is 1. The summed E-state index contributed by atoms with van der Waals surface area (Å²) in [5.74, 6) is 0.432. The van der Waals surface area contributed by atoms with Crippen molar-refractivity contribution in [2.75, 3.05) is 5.32 Å². The van der Waals surface area contributed by atoms with Gasteiger partial charge in [-0.25, -0.2) is 0 Å². The third kappa shape index (κ3) is 4.04. The summed E-state index contributed by atoms with van der Waals surface area (Å²) in [6.07, 6.45) is 2.99. The quantitative estimate of drug-likeness (QED) is 0.519. The summed E-state index contributed by atoms with van der Waals surface area (Å²) in [4.78, 5) is 14.1. The molecule has 0 aliphatic heterocycles. The molecule has 0 spiro atoms. The standard InChI is InChI=1S/C26H26N2OS/c1-26(2,3)20-13-14-21-22(16-27)25(30-23(21)15-20)28-24(29)19-11-9-18(10-12-19)17-7-5-4-6-8-17/h4-12,20H,13-15H2,1-3H3,(H,28,29)/t20-/m0/s1. The van der Waals surface area contributed by atoms with Crippen LogP contribution in [0.5, 0.6) is 0 Å². The SMILES string of the molecule is CC(C)(C)[C@H]1CCc2c(sc(NC(=O)c3ccc(-c4ccccc4)cc3)c2C#N)C1. The second kappa shape index (κ2) is 8.08. The number of nitrogens with zero attached hydrogens (tertiary/aromatic N) is 1. The Kier molecular flexibility index (Phi) is 5.49. The molecule has 4 heteroatoms. The highest BCUT2D eigenvalue weighted by Gasteiger charge is 2.32. The maximum absolute atomic E-state index is 12.9. The van der Waals surface area contributed by atoms with Crippen LogP contribution in [0.25, 0.3) is 11.1 Å². The van der Waals surface area contributed by atoms with Crippen molar-refractivity contribution in [1.29, 1.82) is 5.26 Å². The van der Waals surface area contributed by atoms with Gasteiger partial charge in [-0.3, -0.25) is 4.79 Å². The van der Waals surface area contributed by atoms with E-state index in [0.717, 1.165) is 36.0 Å². The lowest BCUT2D eigenvalue weighted by molar-refractivity contribution is 0.102. The Morgan fingerprint density at radius 2 is 1.73 bits per heavy atom. The average molecular weight is 415 g/mol. The van der Waals surface area contributed by atoms with Gasteiger partial charge in [0.1, 0.15) is 11.1 Å². The van der Waals surface area contributed by atoms with Gasteiger partial charge in [-0.05, 0) is 59.4 Å². The lowest BCUT2D eigenvalue weighted by Crippen LogP contribution is -2.26. The number of fused-ring (bicyclic) bond motifs is 1. The zero-order chi connectivity index (χ0) is 21.3. The van der Waals surface area contributed by atoms with Gasteiger partial charge < -0.3 is 5.32 Å². The van der Waals surface area contributed by atoms with E-state index in [1.807, 2.05) is 42.5 Å². The van der Waals surface area contributed by atoms with Crippen molar-refractivity contribution >= 4 is 22.2 Å². The molecule has 1 heterocycles. The van der Waals surface area contributed by atoms with Crippen molar-refractivity contribution in [3.63, 3.8) is 0 Å². The molecule has 0 radical (unpaired) electrons. The van der Waals surface area contributed by atoms with E-state index in [0.29, 0.717) is 22.0 Å². The minimum atomic E-state index is -0.169. The van der Waals surface area contributed by atoms with E-state index in [2.05, 4.69) is 44.3 Å². The van der Waals surface area contributed by atoms with Crippen LogP contribution in [0.15, 0.2) is 54.6 Å². The number of nitriles is 1. The van der Waals surface area contributed by atoms with E-state index >= 15 is 0 Å². The van der Waals surface area contributed by atoms with Crippen LogP contribution in [0.4, 0.5) is 5.00 Å². The third-order valence-corrected chi connectivity index (χ3v) is 7.25. The van der Waals surface area contributed by atoms with Crippen LogP contribution < -0.4 is 5.32 Å². The Morgan fingerprint density at radius 3 is 2.37 bits per heavy atom. The highest BCUT2D eigenvalue weighted by atomic mass is 32.1. The van der Waals surface area contributed by atoms with E-state index in [1.165, 1.54) is 4.88 Å². The Morgan fingerprint density at radius 1 is 1.07 bits per heavy atom. The second-order valence-corrected chi connectivity index (χ2v) is 10.1. The van der Waals surface area contributed by atoms with E-state index in [1.54, 1.807) is 11.3 Å². The third-order valence-electron chi connectivity index (χ3n) is 6.08. The van der Waals surface area contributed by atoms with Gasteiger partial charge in [0.15, 0.2) is 0 Å². The van der Waals surface area contributed by atoms with Crippen molar-refractivity contribution in [2.24, 2.45) is 11.3 Å². The monoisotopic (exact) mass is 414 g/mol. The van der Waals surface area contributed by atoms with Gasteiger partial charge in [0, 0.05) is 10.4 Å². The number of carbonyl (C=O) groups is 1. The van der Waals surface area contributed by atoms with Crippen molar-refractivity contribution < 1.29 is 4.79 Å². The van der Waals surface area contributed by atoms with Crippen LogP contribution in [0.1, 0.15) is 53.6 Å². The van der Waals surface area contributed by atoms with Crippen LogP contribution in [-0.2, 0) is 12.8 Å². The molecule has 1 aliphatic carbocycles. The number of hydrogen-bond acceptors (Lipinski definition) is 3. The summed E-state index contributed by atoms with van der Waals surface area (Å²) in [5, 5.41) is 13.4. The number of hydrogen-bond donors (Lipinski definition) is 1. The molecule has 2 aromatic carbocycles. The van der Waals surface area contributed by atoms with Crippen LogP contribution in [0.3, 0.4) is 0 Å². The molecule has 1 amide bonds. The van der Waals surface area contributed by atoms with E-state index in [9.17, 15) is 10.1 Å². The summed E-state index contributed by atoms with van der Waals surface area (Å²) in [5.41, 5.74) is 4.82. The van der Waals surface area contributed by atoms with Gasteiger partial charge in [0.05, 0.1) is 5.56 Å². The summed E-state index contributed by atoms with van der Waals surface area (Å²) < 4.78 is 0. The molecule has 30 heavy (non-hydrogen) atoms. The molecule has 1 N–H and O–H groups in total. The van der Waals surface area contributed by atoms with Crippen molar-refractivity contribution in [1.82, 2.24) is 0 Å². The summed E-state index contributed by atoms with van der Waals surface area (Å²) >= 11 is 1.57. The van der Waals surface area contributed by atoms with Gasteiger partial charge in [-0.2, -0.15) is 5.26 Å². The Labute approximate surface area is 182 Å². The van der Waals surface area contributed by atoms with Gasteiger partial charge >= 0.3 is 0 Å². The number of thiophene rings is 1. The van der Waals surface area contributed by atoms with Crippen LogP contribution in [0, 0.1) is 22.7 Å². The van der Waals surface area contributed by atoms with E-state index in [4.69, 9.17) is 0 Å². The molecule has 0 saturated heterocycles. The Hall–Kier alpha value is -2.90. The molecule has 1 atom stereocenters. The maximum Gasteiger partial charge on any atom is 0.256 e. The first-order valence-corrected chi connectivity index (χ1v) is 11.2. The van der Waals surface area contributed by atoms with Crippen molar-refractivity contribution in [3.05, 3.63) is 76.2 Å². The highest BCUT2D eigenvalue weighted by Crippen LogP contribution is 2.44. The number of amides is 1. The Bertz CT molecular complexity index is 1100. The number of rotatable bonds is 3. The van der Waals surface area contributed by atoms with E-state index < -0.39 is 0 Å². The summed E-state index contributed by atoms with van der Waals surface area (Å²) in [6.45, 7) is 6.84. The fourth-order valence-electron chi connectivity index (χ4n) is 4.15. The average Bonchev–Trinajstić information content (AvgIpc) is 3.10. The van der Waals surface area contributed by atoms with E-state index in [-0.39, 0.29) is 11.3 Å². The molecule has 0 saturated carbocycles. The largest absolute Gasteiger partial charge is 0.312 e. The zero-order valence-electron chi connectivity index (χ0n) is 17.7. The number of benzene rings is 2. The van der Waals surface area contributed by atoms with Crippen molar-refractivity contribution in [3.8, 4) is 17.2 Å². The molecule has 3 aromatic rings. The van der Waals surface area contributed by atoms with Gasteiger partial charge in [-0.15, -0.1) is 11.3 Å². The molecule has 1 aromatic heterocycles. The van der Waals surface area contributed by atoms with Gasteiger partial charge in [0.2, 0.25) is 0 Å². The molecule has 0 bridgehead atoms. The fourth-order valence-corrected chi connectivity index (χ4v) is 5.42. The first-order valence-electron chi connectivity index (χ1n) is 10.4. The number of carbonyl (C=O) groups excluding carboxylic acids is 1. The molecule has 4 rings (SSSR count). The summed E-state index contributed by atoms with van der Waals surface area (Å²) in [6, 6.07) is 20.0. The van der Waals surface area contributed by atoms with Gasteiger partial charge in [-0.1, -0.05) is 63.2 Å². The predicted octanol–water partition coefficient (Wildman–Crippen LogP) is 6.69. The normalized spacial score (nSPS) is 15.9.